The Kier molecular flexibility index (Phi) is 7.86. The molecule has 2 N–H and O–H groups in total. The molecule has 0 radical (unpaired) electrons. The first-order valence-electron chi connectivity index (χ1n) is 9.29. The molecule has 0 aliphatic heterocycles. The van der Waals surface area contributed by atoms with E-state index in [1.807, 2.05) is 69.3 Å². The van der Waals surface area contributed by atoms with Crippen LogP contribution in [0.1, 0.15) is 36.2 Å². The number of benzene rings is 2. The van der Waals surface area contributed by atoms with Gasteiger partial charge in [0.2, 0.25) is 5.91 Å². The second kappa shape index (κ2) is 10.4. The summed E-state index contributed by atoms with van der Waals surface area (Å²) in [5.41, 5.74) is 1.47. The molecule has 2 aromatic rings. The predicted molar refractivity (Wildman–Crippen MR) is 107 cm³/mol. The van der Waals surface area contributed by atoms with Crippen molar-refractivity contribution >= 4 is 11.8 Å². The first-order chi connectivity index (χ1) is 13.0. The number of hydrogen-bond acceptors (Lipinski definition) is 3. The van der Waals surface area contributed by atoms with E-state index < -0.39 is 6.04 Å². The molecule has 0 aliphatic rings. The van der Waals surface area contributed by atoms with Crippen LogP contribution in [0.15, 0.2) is 54.6 Å². The lowest BCUT2D eigenvalue weighted by molar-refractivity contribution is -0.123. The van der Waals surface area contributed by atoms with Gasteiger partial charge in [-0.1, -0.05) is 50.2 Å². The fraction of sp³-hybridized carbons (Fsp3) is 0.364. The minimum Gasteiger partial charge on any atom is -0.492 e. The molecule has 1 unspecified atom stereocenters. The number of hydrogen-bond donors (Lipinski definition) is 2. The summed E-state index contributed by atoms with van der Waals surface area (Å²) in [5.74, 6) is 0.619. The lowest BCUT2D eigenvalue weighted by atomic mass is 10.0. The van der Waals surface area contributed by atoms with Gasteiger partial charge in [0.15, 0.2) is 0 Å². The van der Waals surface area contributed by atoms with Crippen molar-refractivity contribution in [3.05, 3.63) is 65.7 Å². The van der Waals surface area contributed by atoms with Crippen LogP contribution in [0.3, 0.4) is 0 Å². The zero-order chi connectivity index (χ0) is 19.6. The average Bonchev–Trinajstić information content (AvgIpc) is 2.65. The summed E-state index contributed by atoms with van der Waals surface area (Å²) in [6.07, 6.45) is 0.572. The molecule has 2 rings (SSSR count). The number of nitrogens with one attached hydrogen (secondary N) is 2. The quantitative estimate of drug-likeness (QED) is 0.667. The minimum absolute atomic E-state index is 0.192. The van der Waals surface area contributed by atoms with Crippen LogP contribution in [0, 0.1) is 12.8 Å². The van der Waals surface area contributed by atoms with Crippen molar-refractivity contribution in [1.82, 2.24) is 10.6 Å². The molecule has 0 fully saturated rings. The van der Waals surface area contributed by atoms with Gasteiger partial charge in [0.25, 0.3) is 5.91 Å². The smallest absolute Gasteiger partial charge is 0.252 e. The van der Waals surface area contributed by atoms with Crippen molar-refractivity contribution in [2.24, 2.45) is 5.92 Å². The van der Waals surface area contributed by atoms with E-state index in [9.17, 15) is 9.59 Å². The monoisotopic (exact) mass is 368 g/mol. The number of carbonyl (C=O) groups excluding carboxylic acids is 2. The molecule has 0 spiro atoms. The normalized spacial score (nSPS) is 11.7. The molecule has 0 saturated heterocycles. The van der Waals surface area contributed by atoms with Crippen LogP contribution in [0.2, 0.25) is 0 Å². The lowest BCUT2D eigenvalue weighted by Gasteiger charge is -2.20. The SMILES string of the molecule is Cc1ccccc1C(=O)NC(CC(C)C)C(=O)NCCOc1ccccc1. The van der Waals surface area contributed by atoms with Crippen molar-refractivity contribution in [2.75, 3.05) is 13.2 Å². The standard InChI is InChI=1S/C22H28N2O3/c1-16(2)15-20(24-21(25)19-12-8-7-9-17(19)3)22(26)23-13-14-27-18-10-5-4-6-11-18/h4-12,16,20H,13-15H2,1-3H3,(H,23,26)(H,24,25). The molecule has 27 heavy (non-hydrogen) atoms. The number of para-hydroxylation sites is 1. The van der Waals surface area contributed by atoms with Gasteiger partial charge >= 0.3 is 0 Å². The highest BCUT2D eigenvalue weighted by atomic mass is 16.5. The van der Waals surface area contributed by atoms with E-state index in [0.29, 0.717) is 25.1 Å². The highest BCUT2D eigenvalue weighted by Crippen LogP contribution is 2.10. The molecule has 5 heteroatoms. The predicted octanol–water partition coefficient (Wildman–Crippen LogP) is 3.33. The zero-order valence-corrected chi connectivity index (χ0v) is 16.2. The largest absolute Gasteiger partial charge is 0.492 e. The van der Waals surface area contributed by atoms with Crippen LogP contribution in [0.4, 0.5) is 0 Å². The molecule has 2 aromatic carbocycles. The Balaban J connectivity index is 1.89. The summed E-state index contributed by atoms with van der Waals surface area (Å²) >= 11 is 0. The maximum absolute atomic E-state index is 12.6. The van der Waals surface area contributed by atoms with Crippen LogP contribution in [0.5, 0.6) is 5.75 Å². The van der Waals surface area contributed by atoms with Crippen molar-refractivity contribution in [1.29, 1.82) is 0 Å². The second-order valence-electron chi connectivity index (χ2n) is 6.92. The molecule has 0 aromatic heterocycles. The van der Waals surface area contributed by atoms with E-state index in [2.05, 4.69) is 10.6 Å². The van der Waals surface area contributed by atoms with Gasteiger partial charge in [0.05, 0.1) is 6.54 Å². The third-order valence-corrected chi connectivity index (χ3v) is 4.13. The van der Waals surface area contributed by atoms with E-state index in [1.165, 1.54) is 0 Å². The zero-order valence-electron chi connectivity index (χ0n) is 16.2. The van der Waals surface area contributed by atoms with Crippen molar-refractivity contribution in [3.63, 3.8) is 0 Å². The maximum atomic E-state index is 12.6. The summed E-state index contributed by atoms with van der Waals surface area (Å²) in [7, 11) is 0. The van der Waals surface area contributed by atoms with E-state index in [1.54, 1.807) is 6.07 Å². The Morgan fingerprint density at radius 3 is 2.33 bits per heavy atom. The number of amides is 2. The Bertz CT molecular complexity index is 744. The first-order valence-corrected chi connectivity index (χ1v) is 9.29. The van der Waals surface area contributed by atoms with Crippen molar-refractivity contribution in [3.8, 4) is 5.75 Å². The van der Waals surface area contributed by atoms with Crippen molar-refractivity contribution < 1.29 is 14.3 Å². The van der Waals surface area contributed by atoms with Crippen LogP contribution in [-0.4, -0.2) is 31.0 Å². The summed E-state index contributed by atoms with van der Waals surface area (Å²) in [6.45, 7) is 6.68. The molecule has 5 nitrogen and oxygen atoms in total. The summed E-state index contributed by atoms with van der Waals surface area (Å²) in [5, 5.41) is 5.72. The van der Waals surface area contributed by atoms with Crippen molar-refractivity contribution in [2.45, 2.75) is 33.2 Å². The molecular formula is C22H28N2O3. The molecule has 0 heterocycles. The summed E-state index contributed by atoms with van der Waals surface area (Å²) in [4.78, 5) is 25.1. The maximum Gasteiger partial charge on any atom is 0.252 e. The lowest BCUT2D eigenvalue weighted by Crippen LogP contribution is -2.48. The molecule has 144 valence electrons. The Morgan fingerprint density at radius 1 is 1.00 bits per heavy atom. The number of rotatable bonds is 9. The molecule has 0 saturated carbocycles. The number of aryl methyl sites for hydroxylation is 1. The van der Waals surface area contributed by atoms with Gasteiger partial charge in [-0.25, -0.2) is 0 Å². The van der Waals surface area contributed by atoms with Gasteiger partial charge in [0.1, 0.15) is 18.4 Å². The van der Waals surface area contributed by atoms with Crippen LogP contribution < -0.4 is 15.4 Å². The Labute approximate surface area is 161 Å². The van der Waals surface area contributed by atoms with E-state index in [0.717, 1.165) is 11.3 Å². The Hall–Kier alpha value is -2.82. The highest BCUT2D eigenvalue weighted by molar-refractivity contribution is 5.98. The highest BCUT2D eigenvalue weighted by Gasteiger charge is 2.22. The molecule has 0 bridgehead atoms. The van der Waals surface area contributed by atoms with Gasteiger partial charge in [-0.3, -0.25) is 9.59 Å². The van der Waals surface area contributed by atoms with Gasteiger partial charge in [-0.05, 0) is 43.0 Å². The number of carbonyl (C=O) groups is 2. The van der Waals surface area contributed by atoms with Crippen LogP contribution in [0.25, 0.3) is 0 Å². The van der Waals surface area contributed by atoms with E-state index in [-0.39, 0.29) is 17.7 Å². The molecule has 2 amide bonds. The fourth-order valence-corrected chi connectivity index (χ4v) is 2.75. The van der Waals surface area contributed by atoms with Crippen LogP contribution in [-0.2, 0) is 4.79 Å². The average molecular weight is 368 g/mol. The van der Waals surface area contributed by atoms with Gasteiger partial charge in [-0.15, -0.1) is 0 Å². The Morgan fingerprint density at radius 2 is 1.67 bits per heavy atom. The fourth-order valence-electron chi connectivity index (χ4n) is 2.75. The molecule has 0 aliphatic carbocycles. The summed E-state index contributed by atoms with van der Waals surface area (Å²) < 4.78 is 5.58. The molecular weight excluding hydrogens is 340 g/mol. The van der Waals surface area contributed by atoms with Gasteiger partial charge in [-0.2, -0.15) is 0 Å². The third kappa shape index (κ3) is 6.77. The second-order valence-corrected chi connectivity index (χ2v) is 6.92. The first kappa shape index (κ1) is 20.5. The van der Waals surface area contributed by atoms with Gasteiger partial charge in [0, 0.05) is 5.56 Å². The molecule has 1 atom stereocenters. The minimum atomic E-state index is -0.575. The van der Waals surface area contributed by atoms with Gasteiger partial charge < -0.3 is 15.4 Å². The van der Waals surface area contributed by atoms with E-state index >= 15 is 0 Å². The topological polar surface area (TPSA) is 67.4 Å². The third-order valence-electron chi connectivity index (χ3n) is 4.13. The number of ether oxygens (including phenoxy) is 1. The van der Waals surface area contributed by atoms with E-state index in [4.69, 9.17) is 4.74 Å². The summed E-state index contributed by atoms with van der Waals surface area (Å²) in [6, 6.07) is 16.2. The van der Waals surface area contributed by atoms with Crippen LogP contribution >= 0.6 is 0 Å².